The quantitative estimate of drug-likeness (QED) is 0.511. The second-order valence-corrected chi connectivity index (χ2v) is 10.2. The van der Waals surface area contributed by atoms with Crippen LogP contribution in [0.15, 0.2) is 53.4 Å². The third-order valence-corrected chi connectivity index (χ3v) is 8.14. The number of para-hydroxylation sites is 2. The molecule has 1 aromatic heterocycles. The Labute approximate surface area is 194 Å². The molecular formula is C24H30N4O4S. The number of hydrogen-bond acceptors (Lipinski definition) is 5. The lowest BCUT2D eigenvalue weighted by atomic mass is 9.97. The Bertz CT molecular complexity index is 1210. The number of carbonyl (C=O) groups is 1. The molecule has 1 aliphatic heterocycles. The molecule has 3 aromatic rings. The number of methoxy groups -OCH3 is 1. The fraction of sp³-hybridized carbons (Fsp3) is 0.417. The summed E-state index contributed by atoms with van der Waals surface area (Å²) in [6, 6.07) is 14.4. The van der Waals surface area contributed by atoms with Crippen LogP contribution >= 0.6 is 0 Å². The van der Waals surface area contributed by atoms with Gasteiger partial charge in [0.2, 0.25) is 15.9 Å². The van der Waals surface area contributed by atoms with Gasteiger partial charge in [-0.15, -0.1) is 0 Å². The van der Waals surface area contributed by atoms with Gasteiger partial charge in [-0.1, -0.05) is 12.1 Å². The molecule has 9 heteroatoms. The minimum absolute atomic E-state index is 0.00343. The van der Waals surface area contributed by atoms with E-state index in [0.29, 0.717) is 38.2 Å². The maximum absolute atomic E-state index is 12.9. The highest BCUT2D eigenvalue weighted by atomic mass is 32.2. The smallest absolute Gasteiger partial charge is 0.243 e. The van der Waals surface area contributed by atoms with Gasteiger partial charge in [-0.3, -0.25) is 4.79 Å². The number of amides is 1. The minimum Gasteiger partial charge on any atom is -0.497 e. The Morgan fingerprint density at radius 1 is 1.12 bits per heavy atom. The molecule has 0 bridgehead atoms. The zero-order chi connectivity index (χ0) is 23.4. The van der Waals surface area contributed by atoms with E-state index in [0.717, 1.165) is 29.8 Å². The van der Waals surface area contributed by atoms with E-state index in [1.165, 1.54) is 4.31 Å². The van der Waals surface area contributed by atoms with Crippen LogP contribution in [0.4, 0.5) is 0 Å². The second kappa shape index (κ2) is 9.93. The van der Waals surface area contributed by atoms with Crippen molar-refractivity contribution in [3.8, 4) is 5.75 Å². The monoisotopic (exact) mass is 470 g/mol. The number of carbonyl (C=O) groups excluding carboxylic acids is 1. The molecule has 176 valence electrons. The minimum atomic E-state index is -3.57. The molecule has 1 amide bonds. The van der Waals surface area contributed by atoms with E-state index in [4.69, 9.17) is 4.74 Å². The normalized spacial score (nSPS) is 15.6. The number of aromatic nitrogens is 2. The molecule has 33 heavy (non-hydrogen) atoms. The average Bonchev–Trinajstić information content (AvgIpc) is 3.16. The Morgan fingerprint density at radius 2 is 1.82 bits per heavy atom. The van der Waals surface area contributed by atoms with E-state index in [1.807, 2.05) is 25.1 Å². The van der Waals surface area contributed by atoms with Crippen molar-refractivity contribution in [1.82, 2.24) is 19.2 Å². The van der Waals surface area contributed by atoms with Gasteiger partial charge in [0.25, 0.3) is 0 Å². The number of nitrogens with one attached hydrogen (secondary N) is 1. The van der Waals surface area contributed by atoms with Crippen LogP contribution in [-0.4, -0.2) is 54.9 Å². The summed E-state index contributed by atoms with van der Waals surface area (Å²) in [5.74, 6) is 1.42. The van der Waals surface area contributed by atoms with Crippen molar-refractivity contribution in [2.24, 2.45) is 5.92 Å². The largest absolute Gasteiger partial charge is 0.497 e. The van der Waals surface area contributed by atoms with Crippen molar-refractivity contribution in [2.45, 2.75) is 37.6 Å². The molecule has 8 nitrogen and oxygen atoms in total. The SMILES string of the molecule is COc1ccc(S(=O)(=O)N2CCC(C(=O)NCCCn3c(C)nc4ccccc43)CC2)cc1. The topological polar surface area (TPSA) is 93.5 Å². The van der Waals surface area contributed by atoms with Crippen molar-refractivity contribution in [2.75, 3.05) is 26.7 Å². The molecular weight excluding hydrogens is 440 g/mol. The Morgan fingerprint density at radius 3 is 2.52 bits per heavy atom. The Balaban J connectivity index is 1.25. The number of aryl methyl sites for hydroxylation is 2. The Kier molecular flexibility index (Phi) is 6.99. The molecule has 0 spiro atoms. The molecule has 1 N–H and O–H groups in total. The Hall–Kier alpha value is -2.91. The van der Waals surface area contributed by atoms with Gasteiger partial charge in [-0.2, -0.15) is 4.31 Å². The van der Waals surface area contributed by atoms with Gasteiger partial charge in [-0.25, -0.2) is 13.4 Å². The van der Waals surface area contributed by atoms with Gasteiger partial charge in [0.1, 0.15) is 11.6 Å². The van der Waals surface area contributed by atoms with Gasteiger partial charge in [0.15, 0.2) is 0 Å². The first-order valence-corrected chi connectivity index (χ1v) is 12.7. The van der Waals surface area contributed by atoms with E-state index in [1.54, 1.807) is 31.4 Å². The number of nitrogens with zero attached hydrogens (tertiary/aromatic N) is 3. The number of rotatable bonds is 8. The molecule has 0 radical (unpaired) electrons. The summed E-state index contributed by atoms with van der Waals surface area (Å²) in [4.78, 5) is 17.4. The highest BCUT2D eigenvalue weighted by molar-refractivity contribution is 7.89. The van der Waals surface area contributed by atoms with Crippen molar-refractivity contribution in [1.29, 1.82) is 0 Å². The predicted octanol–water partition coefficient (Wildman–Crippen LogP) is 2.96. The van der Waals surface area contributed by atoms with Crippen molar-refractivity contribution in [3.63, 3.8) is 0 Å². The van der Waals surface area contributed by atoms with Crippen LogP contribution in [0.1, 0.15) is 25.1 Å². The molecule has 0 aliphatic carbocycles. The molecule has 1 saturated heterocycles. The van der Waals surface area contributed by atoms with Crippen LogP contribution in [0.25, 0.3) is 11.0 Å². The van der Waals surface area contributed by atoms with Gasteiger partial charge in [0.05, 0.1) is 23.0 Å². The summed E-state index contributed by atoms with van der Waals surface area (Å²) < 4.78 is 34.5. The summed E-state index contributed by atoms with van der Waals surface area (Å²) in [6.07, 6.45) is 1.84. The van der Waals surface area contributed by atoms with Gasteiger partial charge >= 0.3 is 0 Å². The number of fused-ring (bicyclic) bond motifs is 1. The number of piperidine rings is 1. The van der Waals surface area contributed by atoms with Crippen LogP contribution < -0.4 is 10.1 Å². The van der Waals surface area contributed by atoms with Gasteiger partial charge < -0.3 is 14.6 Å². The number of imidazole rings is 1. The number of ether oxygens (including phenoxy) is 1. The van der Waals surface area contributed by atoms with Crippen molar-refractivity contribution < 1.29 is 17.9 Å². The lowest BCUT2D eigenvalue weighted by Gasteiger charge is -2.30. The highest BCUT2D eigenvalue weighted by Gasteiger charge is 2.32. The third-order valence-electron chi connectivity index (χ3n) is 6.23. The molecule has 0 unspecified atom stereocenters. The van der Waals surface area contributed by atoms with Crippen molar-refractivity contribution in [3.05, 3.63) is 54.4 Å². The molecule has 1 fully saturated rings. The number of sulfonamides is 1. The average molecular weight is 471 g/mol. The third kappa shape index (κ3) is 5.04. The summed E-state index contributed by atoms with van der Waals surface area (Å²) >= 11 is 0. The van der Waals surface area contributed by atoms with Crippen LogP contribution in [0.5, 0.6) is 5.75 Å². The maximum Gasteiger partial charge on any atom is 0.243 e. The summed E-state index contributed by atoms with van der Waals surface area (Å²) in [5, 5.41) is 3.03. The molecule has 2 heterocycles. The van der Waals surface area contributed by atoms with Crippen LogP contribution in [0.3, 0.4) is 0 Å². The van der Waals surface area contributed by atoms with Gasteiger partial charge in [0, 0.05) is 32.1 Å². The molecule has 0 atom stereocenters. The van der Waals surface area contributed by atoms with E-state index in [9.17, 15) is 13.2 Å². The first kappa shape index (κ1) is 23.3. The van der Waals surface area contributed by atoms with Crippen LogP contribution in [0.2, 0.25) is 0 Å². The number of benzene rings is 2. The lowest BCUT2D eigenvalue weighted by Crippen LogP contribution is -2.43. The van der Waals surface area contributed by atoms with E-state index in [-0.39, 0.29) is 16.7 Å². The lowest BCUT2D eigenvalue weighted by molar-refractivity contribution is -0.126. The molecule has 2 aromatic carbocycles. The highest BCUT2D eigenvalue weighted by Crippen LogP contribution is 2.25. The van der Waals surface area contributed by atoms with Crippen LogP contribution in [0, 0.1) is 12.8 Å². The van der Waals surface area contributed by atoms with Crippen molar-refractivity contribution >= 4 is 27.0 Å². The zero-order valence-electron chi connectivity index (χ0n) is 19.0. The first-order valence-electron chi connectivity index (χ1n) is 11.2. The van der Waals surface area contributed by atoms with Crippen LogP contribution in [-0.2, 0) is 21.4 Å². The van der Waals surface area contributed by atoms with E-state index >= 15 is 0 Å². The molecule has 0 saturated carbocycles. The standard InChI is InChI=1S/C24H30N4O4S/c1-18-26-22-6-3-4-7-23(22)28(18)15-5-14-25-24(29)19-12-16-27(17-13-19)33(30,31)21-10-8-20(32-2)9-11-21/h3-4,6-11,19H,5,12-17H2,1-2H3,(H,25,29). The maximum atomic E-state index is 12.9. The molecule has 1 aliphatic rings. The summed E-state index contributed by atoms with van der Waals surface area (Å²) in [5.41, 5.74) is 2.09. The predicted molar refractivity (Wildman–Crippen MR) is 127 cm³/mol. The summed E-state index contributed by atoms with van der Waals surface area (Å²) in [6.45, 7) is 4.03. The second-order valence-electron chi connectivity index (χ2n) is 8.30. The number of hydrogen-bond donors (Lipinski definition) is 1. The fourth-order valence-corrected chi connectivity index (χ4v) is 5.80. The summed E-state index contributed by atoms with van der Waals surface area (Å²) in [7, 11) is -2.03. The first-order chi connectivity index (χ1) is 15.9. The van der Waals surface area contributed by atoms with E-state index in [2.05, 4.69) is 20.9 Å². The fourth-order valence-electron chi connectivity index (χ4n) is 4.33. The van der Waals surface area contributed by atoms with Gasteiger partial charge in [-0.05, 0) is 62.6 Å². The molecule has 4 rings (SSSR count). The zero-order valence-corrected chi connectivity index (χ0v) is 19.8. The van der Waals surface area contributed by atoms with E-state index < -0.39 is 10.0 Å².